The van der Waals surface area contributed by atoms with Crippen molar-refractivity contribution < 1.29 is 4.79 Å². The number of nitrogens with two attached hydrogens (primary N) is 1. The highest BCUT2D eigenvalue weighted by Gasteiger charge is 2.21. The van der Waals surface area contributed by atoms with Gasteiger partial charge in [0.15, 0.2) is 5.13 Å². The summed E-state index contributed by atoms with van der Waals surface area (Å²) in [5.41, 5.74) is 7.76. The van der Waals surface area contributed by atoms with Gasteiger partial charge in [-0.1, -0.05) is 61.9 Å². The molecule has 1 amide bonds. The number of aromatic nitrogens is 1. The summed E-state index contributed by atoms with van der Waals surface area (Å²) in [5, 5.41) is 3.36. The topological polar surface area (TPSA) is 68.0 Å². The average Bonchev–Trinajstić information content (AvgIpc) is 2.87. The van der Waals surface area contributed by atoms with Crippen LogP contribution < -0.4 is 11.1 Å². The quantitative estimate of drug-likeness (QED) is 0.780. The van der Waals surface area contributed by atoms with Crippen LogP contribution >= 0.6 is 39.7 Å². The third kappa shape index (κ3) is 4.52. The molecule has 2 atom stereocenters. The Labute approximate surface area is 149 Å². The lowest BCUT2D eigenvalue weighted by Crippen LogP contribution is -2.40. The van der Waals surface area contributed by atoms with E-state index >= 15 is 0 Å². The van der Waals surface area contributed by atoms with Crippen LogP contribution in [0.3, 0.4) is 0 Å². The van der Waals surface area contributed by atoms with E-state index in [1.807, 2.05) is 44.2 Å². The standard InChI is InChI=1S/C15H18BrN3OS.ClH/c1-3-9(2)11(17)14(20)19-15-18-12(13(16)21-15)10-7-5-4-6-8-10;/h4-9,11H,3,17H2,1-2H3,(H,18,19,20);1H. The van der Waals surface area contributed by atoms with Gasteiger partial charge in [-0.05, 0) is 21.8 Å². The molecule has 22 heavy (non-hydrogen) atoms. The molecule has 1 aromatic carbocycles. The van der Waals surface area contributed by atoms with E-state index in [2.05, 4.69) is 26.2 Å². The van der Waals surface area contributed by atoms with Crippen LogP contribution in [0.25, 0.3) is 11.3 Å². The third-order valence-corrected chi connectivity index (χ3v) is 5.04. The molecule has 4 nitrogen and oxygen atoms in total. The maximum atomic E-state index is 12.1. The van der Waals surface area contributed by atoms with Gasteiger partial charge in [0.2, 0.25) is 5.91 Å². The molecule has 0 spiro atoms. The Morgan fingerprint density at radius 1 is 1.41 bits per heavy atom. The van der Waals surface area contributed by atoms with Gasteiger partial charge in [-0.3, -0.25) is 4.79 Å². The molecule has 0 saturated heterocycles. The van der Waals surface area contributed by atoms with Gasteiger partial charge in [-0.15, -0.1) is 12.4 Å². The molecule has 0 aliphatic heterocycles. The minimum Gasteiger partial charge on any atom is -0.320 e. The van der Waals surface area contributed by atoms with E-state index in [1.54, 1.807) is 0 Å². The SMILES string of the molecule is CCC(C)C(N)C(=O)Nc1nc(-c2ccccc2)c(Br)s1.Cl. The number of rotatable bonds is 5. The van der Waals surface area contributed by atoms with Crippen molar-refractivity contribution in [3.8, 4) is 11.3 Å². The monoisotopic (exact) mass is 403 g/mol. The van der Waals surface area contributed by atoms with E-state index in [-0.39, 0.29) is 24.2 Å². The molecular formula is C15H19BrClN3OS. The number of amides is 1. The second-order valence-electron chi connectivity index (χ2n) is 4.91. The number of anilines is 1. The number of carbonyl (C=O) groups is 1. The minimum absolute atomic E-state index is 0. The highest BCUT2D eigenvalue weighted by atomic mass is 79.9. The summed E-state index contributed by atoms with van der Waals surface area (Å²) in [7, 11) is 0. The van der Waals surface area contributed by atoms with Gasteiger partial charge in [0.1, 0.15) is 0 Å². The van der Waals surface area contributed by atoms with Crippen molar-refractivity contribution in [1.82, 2.24) is 4.98 Å². The summed E-state index contributed by atoms with van der Waals surface area (Å²) >= 11 is 4.89. The Morgan fingerprint density at radius 3 is 2.64 bits per heavy atom. The van der Waals surface area contributed by atoms with Gasteiger partial charge >= 0.3 is 0 Å². The lowest BCUT2D eigenvalue weighted by molar-refractivity contribution is -0.118. The predicted molar refractivity (Wildman–Crippen MR) is 98.6 cm³/mol. The van der Waals surface area contributed by atoms with Gasteiger partial charge in [0.25, 0.3) is 0 Å². The molecule has 2 rings (SSSR count). The summed E-state index contributed by atoms with van der Waals surface area (Å²) in [6, 6.07) is 9.32. The molecule has 120 valence electrons. The smallest absolute Gasteiger partial charge is 0.243 e. The molecule has 3 N–H and O–H groups in total. The van der Waals surface area contributed by atoms with Gasteiger partial charge in [0.05, 0.1) is 15.5 Å². The molecule has 2 unspecified atom stereocenters. The van der Waals surface area contributed by atoms with E-state index < -0.39 is 6.04 Å². The highest BCUT2D eigenvalue weighted by Crippen LogP contribution is 2.35. The number of nitrogens with one attached hydrogen (secondary N) is 1. The molecule has 0 fully saturated rings. The molecule has 0 saturated carbocycles. The number of halogens is 2. The summed E-state index contributed by atoms with van der Waals surface area (Å²) < 4.78 is 0.890. The van der Waals surface area contributed by atoms with Crippen molar-refractivity contribution in [2.75, 3.05) is 5.32 Å². The Bertz CT molecular complexity index is 621. The van der Waals surface area contributed by atoms with Gasteiger partial charge in [-0.2, -0.15) is 0 Å². The fourth-order valence-corrected chi connectivity index (χ4v) is 3.33. The van der Waals surface area contributed by atoms with Crippen LogP contribution in [0.4, 0.5) is 5.13 Å². The van der Waals surface area contributed by atoms with Crippen molar-refractivity contribution in [2.45, 2.75) is 26.3 Å². The Balaban J connectivity index is 0.00000242. The first-order valence-corrected chi connectivity index (χ1v) is 8.42. The highest BCUT2D eigenvalue weighted by molar-refractivity contribution is 9.11. The lowest BCUT2D eigenvalue weighted by Gasteiger charge is -2.16. The van der Waals surface area contributed by atoms with Crippen LogP contribution in [0.5, 0.6) is 0 Å². The van der Waals surface area contributed by atoms with Crippen molar-refractivity contribution in [3.05, 3.63) is 34.1 Å². The van der Waals surface area contributed by atoms with E-state index in [0.29, 0.717) is 5.13 Å². The van der Waals surface area contributed by atoms with Gasteiger partial charge in [-0.25, -0.2) is 4.98 Å². The fraction of sp³-hybridized carbons (Fsp3) is 0.333. The zero-order chi connectivity index (χ0) is 15.4. The number of thiazole rings is 1. The number of hydrogen-bond donors (Lipinski definition) is 2. The fourth-order valence-electron chi connectivity index (χ4n) is 1.83. The first-order chi connectivity index (χ1) is 10.0. The van der Waals surface area contributed by atoms with Crippen molar-refractivity contribution >= 4 is 50.7 Å². The molecular weight excluding hydrogens is 386 g/mol. The van der Waals surface area contributed by atoms with E-state index in [1.165, 1.54) is 11.3 Å². The normalized spacial score (nSPS) is 13.1. The van der Waals surface area contributed by atoms with Crippen molar-refractivity contribution in [1.29, 1.82) is 0 Å². The largest absolute Gasteiger partial charge is 0.320 e. The number of carbonyl (C=O) groups excluding carboxylic acids is 1. The second kappa shape index (κ2) is 8.62. The maximum Gasteiger partial charge on any atom is 0.243 e. The van der Waals surface area contributed by atoms with Gasteiger partial charge < -0.3 is 11.1 Å². The van der Waals surface area contributed by atoms with Crippen molar-refractivity contribution in [3.63, 3.8) is 0 Å². The summed E-state index contributed by atoms with van der Waals surface area (Å²) in [5.74, 6) is -0.0489. The van der Waals surface area contributed by atoms with E-state index in [4.69, 9.17) is 5.73 Å². The Kier molecular flexibility index (Phi) is 7.48. The molecule has 0 aliphatic carbocycles. The first-order valence-electron chi connectivity index (χ1n) is 6.81. The van der Waals surface area contributed by atoms with Crippen LogP contribution in [0.15, 0.2) is 34.1 Å². The van der Waals surface area contributed by atoms with Crippen LogP contribution in [0, 0.1) is 5.92 Å². The Morgan fingerprint density at radius 2 is 2.05 bits per heavy atom. The summed E-state index contributed by atoms with van der Waals surface area (Å²) in [4.78, 5) is 16.6. The Hall–Kier alpha value is -0.950. The number of benzene rings is 1. The molecule has 7 heteroatoms. The number of nitrogens with zero attached hydrogens (tertiary/aromatic N) is 1. The number of hydrogen-bond acceptors (Lipinski definition) is 4. The predicted octanol–water partition coefficient (Wildman–Crippen LogP) is 4.31. The molecule has 0 aliphatic rings. The van der Waals surface area contributed by atoms with Crippen LogP contribution in [0.2, 0.25) is 0 Å². The lowest BCUT2D eigenvalue weighted by atomic mass is 10.00. The third-order valence-electron chi connectivity index (χ3n) is 3.42. The van der Waals surface area contributed by atoms with Crippen LogP contribution in [0.1, 0.15) is 20.3 Å². The minimum atomic E-state index is -0.516. The average molecular weight is 405 g/mol. The van der Waals surface area contributed by atoms with Crippen LogP contribution in [-0.4, -0.2) is 16.9 Å². The molecule has 0 bridgehead atoms. The second-order valence-corrected chi connectivity index (χ2v) is 7.22. The summed E-state index contributed by atoms with van der Waals surface area (Å²) in [6.45, 7) is 3.99. The van der Waals surface area contributed by atoms with E-state index in [9.17, 15) is 4.79 Å². The molecule has 1 heterocycles. The molecule has 0 radical (unpaired) electrons. The van der Waals surface area contributed by atoms with Gasteiger partial charge in [0, 0.05) is 5.56 Å². The summed E-state index contributed by atoms with van der Waals surface area (Å²) in [6.07, 6.45) is 0.866. The zero-order valence-electron chi connectivity index (χ0n) is 12.4. The molecule has 1 aromatic heterocycles. The van der Waals surface area contributed by atoms with Crippen LogP contribution in [-0.2, 0) is 4.79 Å². The maximum absolute atomic E-state index is 12.1. The molecule has 2 aromatic rings. The van der Waals surface area contributed by atoms with Crippen molar-refractivity contribution in [2.24, 2.45) is 11.7 Å². The van der Waals surface area contributed by atoms with E-state index in [0.717, 1.165) is 21.5 Å². The first kappa shape index (κ1) is 19.1. The zero-order valence-corrected chi connectivity index (χ0v) is 15.6.